The summed E-state index contributed by atoms with van der Waals surface area (Å²) in [6.45, 7) is 8.28. The molecule has 2 rings (SSSR count). The van der Waals surface area contributed by atoms with Crippen LogP contribution in [0.1, 0.15) is 54.0 Å². The van der Waals surface area contributed by atoms with E-state index in [4.69, 9.17) is 4.74 Å². The van der Waals surface area contributed by atoms with Crippen molar-refractivity contribution in [3.8, 4) is 0 Å². The molecule has 0 aliphatic heterocycles. The summed E-state index contributed by atoms with van der Waals surface area (Å²) in [6.07, 6.45) is 2.55. The first-order valence-corrected chi connectivity index (χ1v) is 10.0. The number of unbranched alkanes of at least 4 members (excludes halogenated alkanes) is 1. The van der Waals surface area contributed by atoms with Gasteiger partial charge >= 0.3 is 6.09 Å². The van der Waals surface area contributed by atoms with Gasteiger partial charge in [-0.15, -0.1) is 11.3 Å². The van der Waals surface area contributed by atoms with E-state index in [1.54, 1.807) is 24.3 Å². The number of carbonyl (C=O) groups is 2. The quantitative estimate of drug-likeness (QED) is 0.646. The number of nitrogens with zero attached hydrogens (tertiary/aromatic N) is 1. The minimum absolute atomic E-state index is 0.188. The number of amides is 2. The van der Waals surface area contributed by atoms with Gasteiger partial charge in [0.25, 0.3) is 5.91 Å². The largest absolute Gasteiger partial charge is 0.449 e. The zero-order valence-electron chi connectivity index (χ0n) is 16.3. The fourth-order valence-corrected chi connectivity index (χ4v) is 3.36. The Hall–Kier alpha value is -2.41. The van der Waals surface area contributed by atoms with Gasteiger partial charge < -0.3 is 10.1 Å². The average Bonchev–Trinajstić information content (AvgIpc) is 2.99. The van der Waals surface area contributed by atoms with Crippen LogP contribution in [0.4, 0.5) is 16.2 Å². The number of rotatable bonds is 8. The van der Waals surface area contributed by atoms with Crippen LogP contribution in [-0.4, -0.2) is 23.6 Å². The third-order valence-electron chi connectivity index (χ3n) is 3.71. The third-order valence-corrected chi connectivity index (χ3v) is 4.92. The standard InChI is InChI=1S/C20H27N3O3S/c1-5-6-10-17-21-14(4)18(27-17)19(24)22-15-8-7-9-16(11-15)23-20(25)26-12-13(2)3/h7-9,11,13H,5-6,10,12H2,1-4H3,(H,22,24)(H,23,25). The fraction of sp³-hybridized carbons (Fsp3) is 0.450. The van der Waals surface area contributed by atoms with Crippen molar-refractivity contribution >= 4 is 34.7 Å². The highest BCUT2D eigenvalue weighted by Crippen LogP contribution is 2.22. The number of thiazole rings is 1. The number of aryl methyl sites for hydroxylation is 2. The summed E-state index contributed by atoms with van der Waals surface area (Å²) < 4.78 is 5.10. The summed E-state index contributed by atoms with van der Waals surface area (Å²) in [4.78, 5) is 29.5. The highest BCUT2D eigenvalue weighted by Gasteiger charge is 2.15. The molecule has 0 unspecified atom stereocenters. The third kappa shape index (κ3) is 6.67. The minimum Gasteiger partial charge on any atom is -0.449 e. The zero-order valence-corrected chi connectivity index (χ0v) is 17.1. The molecule has 7 heteroatoms. The molecule has 6 nitrogen and oxygen atoms in total. The van der Waals surface area contributed by atoms with Crippen molar-refractivity contribution in [2.24, 2.45) is 5.92 Å². The first kappa shape index (κ1) is 20.9. The summed E-state index contributed by atoms with van der Waals surface area (Å²) in [5.41, 5.74) is 1.91. The van der Waals surface area contributed by atoms with E-state index < -0.39 is 6.09 Å². The lowest BCUT2D eigenvalue weighted by Gasteiger charge is -2.10. The van der Waals surface area contributed by atoms with Gasteiger partial charge in [-0.05, 0) is 43.9 Å². The monoisotopic (exact) mass is 389 g/mol. The predicted octanol–water partition coefficient (Wildman–Crippen LogP) is 5.25. The van der Waals surface area contributed by atoms with Crippen LogP contribution in [0.3, 0.4) is 0 Å². The Bertz CT molecular complexity index is 787. The summed E-state index contributed by atoms with van der Waals surface area (Å²) in [5.74, 6) is 0.0820. The van der Waals surface area contributed by atoms with Crippen LogP contribution in [0, 0.1) is 12.8 Å². The molecular formula is C20H27N3O3S. The maximum atomic E-state index is 12.6. The predicted molar refractivity (Wildman–Crippen MR) is 110 cm³/mol. The normalized spacial score (nSPS) is 10.7. The second-order valence-corrected chi connectivity index (χ2v) is 7.86. The maximum absolute atomic E-state index is 12.6. The zero-order chi connectivity index (χ0) is 19.8. The number of ether oxygens (including phenoxy) is 1. The molecule has 146 valence electrons. The minimum atomic E-state index is -0.508. The highest BCUT2D eigenvalue weighted by molar-refractivity contribution is 7.13. The molecule has 0 fully saturated rings. The van der Waals surface area contributed by atoms with Crippen LogP contribution in [0.2, 0.25) is 0 Å². The molecular weight excluding hydrogens is 362 g/mol. The van der Waals surface area contributed by atoms with E-state index in [1.165, 1.54) is 11.3 Å². The Labute approximate surface area is 164 Å². The molecule has 0 saturated heterocycles. The molecule has 0 spiro atoms. The number of anilines is 2. The Morgan fingerprint density at radius 3 is 2.59 bits per heavy atom. The van der Waals surface area contributed by atoms with E-state index in [-0.39, 0.29) is 11.8 Å². The van der Waals surface area contributed by atoms with Gasteiger partial charge in [-0.2, -0.15) is 0 Å². The molecule has 1 aromatic carbocycles. The fourth-order valence-electron chi connectivity index (χ4n) is 2.36. The van der Waals surface area contributed by atoms with Gasteiger partial charge in [0.2, 0.25) is 0 Å². The molecule has 0 aliphatic rings. The van der Waals surface area contributed by atoms with Gasteiger partial charge in [0.15, 0.2) is 0 Å². The van der Waals surface area contributed by atoms with Crippen molar-refractivity contribution in [3.63, 3.8) is 0 Å². The van der Waals surface area contributed by atoms with Crippen molar-refractivity contribution in [2.75, 3.05) is 17.2 Å². The smallest absolute Gasteiger partial charge is 0.411 e. The number of benzene rings is 1. The van der Waals surface area contributed by atoms with E-state index in [9.17, 15) is 9.59 Å². The Morgan fingerprint density at radius 2 is 1.93 bits per heavy atom. The molecule has 0 bridgehead atoms. The van der Waals surface area contributed by atoms with Crippen molar-refractivity contribution in [1.29, 1.82) is 0 Å². The van der Waals surface area contributed by atoms with Crippen LogP contribution < -0.4 is 10.6 Å². The van der Waals surface area contributed by atoms with E-state index >= 15 is 0 Å². The highest BCUT2D eigenvalue weighted by atomic mass is 32.1. The number of carbonyl (C=O) groups excluding carboxylic acids is 2. The molecule has 1 heterocycles. The summed E-state index contributed by atoms with van der Waals surface area (Å²) in [6, 6.07) is 6.98. The molecule has 1 aromatic heterocycles. The SMILES string of the molecule is CCCCc1nc(C)c(C(=O)Nc2cccc(NC(=O)OCC(C)C)c2)s1. The maximum Gasteiger partial charge on any atom is 0.411 e. The number of hydrogen-bond donors (Lipinski definition) is 2. The first-order chi connectivity index (χ1) is 12.9. The van der Waals surface area contributed by atoms with Crippen molar-refractivity contribution in [2.45, 2.75) is 47.0 Å². The number of nitrogens with one attached hydrogen (secondary N) is 2. The molecule has 2 amide bonds. The van der Waals surface area contributed by atoms with Crippen LogP contribution >= 0.6 is 11.3 Å². The summed E-state index contributed by atoms with van der Waals surface area (Å²) in [7, 11) is 0. The Kier molecular flexibility index (Phi) is 7.79. The first-order valence-electron chi connectivity index (χ1n) is 9.20. The van der Waals surface area contributed by atoms with Crippen molar-refractivity contribution < 1.29 is 14.3 Å². The van der Waals surface area contributed by atoms with Gasteiger partial charge in [0.05, 0.1) is 17.3 Å². The van der Waals surface area contributed by atoms with E-state index in [2.05, 4.69) is 22.5 Å². The Morgan fingerprint density at radius 1 is 1.22 bits per heavy atom. The lowest BCUT2D eigenvalue weighted by molar-refractivity contribution is 0.102. The van der Waals surface area contributed by atoms with E-state index in [0.29, 0.717) is 22.9 Å². The molecule has 0 atom stereocenters. The van der Waals surface area contributed by atoms with Crippen LogP contribution in [0.15, 0.2) is 24.3 Å². The van der Waals surface area contributed by atoms with Gasteiger partial charge in [0.1, 0.15) is 4.88 Å². The summed E-state index contributed by atoms with van der Waals surface area (Å²) >= 11 is 1.44. The molecule has 27 heavy (non-hydrogen) atoms. The second-order valence-electron chi connectivity index (χ2n) is 6.78. The van der Waals surface area contributed by atoms with Crippen LogP contribution in [-0.2, 0) is 11.2 Å². The van der Waals surface area contributed by atoms with E-state index in [1.807, 2.05) is 20.8 Å². The van der Waals surface area contributed by atoms with Crippen LogP contribution in [0.5, 0.6) is 0 Å². The molecule has 2 aromatic rings. The van der Waals surface area contributed by atoms with Crippen molar-refractivity contribution in [3.05, 3.63) is 39.8 Å². The molecule has 0 aliphatic carbocycles. The van der Waals surface area contributed by atoms with Crippen LogP contribution in [0.25, 0.3) is 0 Å². The molecule has 0 radical (unpaired) electrons. The topological polar surface area (TPSA) is 80.3 Å². The molecule has 0 saturated carbocycles. The Balaban J connectivity index is 2.00. The second kappa shape index (κ2) is 10.1. The number of aromatic nitrogens is 1. The number of hydrogen-bond acceptors (Lipinski definition) is 5. The van der Waals surface area contributed by atoms with Gasteiger partial charge in [-0.1, -0.05) is 33.3 Å². The van der Waals surface area contributed by atoms with Gasteiger partial charge in [-0.3, -0.25) is 10.1 Å². The molecule has 2 N–H and O–H groups in total. The van der Waals surface area contributed by atoms with Gasteiger partial charge in [0, 0.05) is 11.4 Å². The lowest BCUT2D eigenvalue weighted by Crippen LogP contribution is -2.17. The lowest BCUT2D eigenvalue weighted by atomic mass is 10.2. The average molecular weight is 390 g/mol. The van der Waals surface area contributed by atoms with Crippen molar-refractivity contribution in [1.82, 2.24) is 4.98 Å². The van der Waals surface area contributed by atoms with E-state index in [0.717, 1.165) is 30.0 Å². The summed E-state index contributed by atoms with van der Waals surface area (Å²) in [5, 5.41) is 6.53. The van der Waals surface area contributed by atoms with Gasteiger partial charge in [-0.25, -0.2) is 9.78 Å².